The molecule has 0 aromatic carbocycles. The number of aromatic nitrogens is 2. The van der Waals surface area contributed by atoms with Gasteiger partial charge in [-0.2, -0.15) is 8.78 Å². The van der Waals surface area contributed by atoms with E-state index < -0.39 is 25.0 Å². The molecule has 190 valence electrons. The average molecular weight is 498 g/mol. The molecule has 8 nitrogen and oxygen atoms in total. The molecule has 1 atom stereocenters. The minimum atomic E-state index is -4.30. The van der Waals surface area contributed by atoms with Crippen LogP contribution in [0, 0.1) is 6.92 Å². The number of rotatable bonds is 11. The van der Waals surface area contributed by atoms with Gasteiger partial charge in [0.1, 0.15) is 0 Å². The van der Waals surface area contributed by atoms with Gasteiger partial charge in [-0.15, -0.1) is 0 Å². The summed E-state index contributed by atoms with van der Waals surface area (Å²) in [6.45, 7) is 2.30. The van der Waals surface area contributed by atoms with E-state index in [9.17, 15) is 27.2 Å². The van der Waals surface area contributed by atoms with Crippen LogP contribution < -0.4 is 10.1 Å². The number of aliphatic hydroxyl groups is 1. The van der Waals surface area contributed by atoms with Gasteiger partial charge in [-0.3, -0.25) is 14.6 Å². The van der Waals surface area contributed by atoms with Gasteiger partial charge >= 0.3 is 12.3 Å². The number of amides is 2. The number of carbonyl (C=O) groups is 2. The number of hydrogen-bond donors (Lipinski definition) is 2. The van der Waals surface area contributed by atoms with Gasteiger partial charge < -0.3 is 20.1 Å². The number of carbonyl (C=O) groups excluding carboxylic acids is 2. The maximum Gasteiger partial charge on any atom is 0.340 e. The Balaban J connectivity index is 1.72. The lowest BCUT2D eigenvalue weighted by Crippen LogP contribution is -2.34. The molecule has 12 heteroatoms. The summed E-state index contributed by atoms with van der Waals surface area (Å²) in [5.74, 6) is -5.02. The highest BCUT2D eigenvalue weighted by molar-refractivity contribution is 5.99. The minimum Gasteiger partial charge on any atom is -0.471 e. The zero-order valence-electron chi connectivity index (χ0n) is 19.2. The highest BCUT2D eigenvalue weighted by atomic mass is 19.3. The summed E-state index contributed by atoms with van der Waals surface area (Å²) in [5, 5.41) is 11.5. The molecule has 2 amide bonds. The van der Waals surface area contributed by atoms with E-state index in [4.69, 9.17) is 9.84 Å². The third kappa shape index (κ3) is 6.05. The van der Waals surface area contributed by atoms with E-state index in [1.807, 2.05) is 0 Å². The minimum absolute atomic E-state index is 0.0138. The van der Waals surface area contributed by atoms with Crippen molar-refractivity contribution in [3.63, 3.8) is 0 Å². The van der Waals surface area contributed by atoms with Crippen LogP contribution in [0.4, 0.5) is 17.6 Å². The Labute approximate surface area is 199 Å². The van der Waals surface area contributed by atoms with E-state index in [1.165, 1.54) is 19.3 Å². The number of nitrogens with one attached hydrogen (secondary N) is 1. The molecule has 0 saturated heterocycles. The zero-order chi connectivity index (χ0) is 25.8. The van der Waals surface area contributed by atoms with Gasteiger partial charge in [-0.05, 0) is 38.0 Å². The summed E-state index contributed by atoms with van der Waals surface area (Å²) in [7, 11) is 0. The van der Waals surface area contributed by atoms with Crippen LogP contribution >= 0.6 is 0 Å². The topological polar surface area (TPSA) is 105 Å². The largest absolute Gasteiger partial charge is 0.471 e. The predicted octanol–water partition coefficient (Wildman–Crippen LogP) is 2.82. The van der Waals surface area contributed by atoms with Crippen molar-refractivity contribution in [3.05, 3.63) is 52.5 Å². The number of halogens is 4. The smallest absolute Gasteiger partial charge is 0.340 e. The summed E-state index contributed by atoms with van der Waals surface area (Å²) < 4.78 is 55.8. The number of hydrogen-bond acceptors (Lipinski definition) is 6. The molecule has 0 spiro atoms. The van der Waals surface area contributed by atoms with Gasteiger partial charge in [0.05, 0.1) is 18.2 Å². The van der Waals surface area contributed by atoms with E-state index in [0.29, 0.717) is 40.9 Å². The maximum atomic E-state index is 13.2. The SMILES string of the molecule is Cc1cc(C(C)N2Cc3c(ccnc3CC(=O)NCCCO)C2=O)cnc1OCC(F)(F)C(F)F. The molecule has 2 aromatic rings. The van der Waals surface area contributed by atoms with Crippen molar-refractivity contribution in [1.82, 2.24) is 20.2 Å². The average Bonchev–Trinajstić information content (AvgIpc) is 3.15. The lowest BCUT2D eigenvalue weighted by molar-refractivity contribution is -0.148. The van der Waals surface area contributed by atoms with E-state index in [-0.39, 0.29) is 37.3 Å². The number of fused-ring (bicyclic) bond motifs is 1. The Kier molecular flexibility index (Phi) is 8.26. The molecule has 2 aromatic heterocycles. The van der Waals surface area contributed by atoms with E-state index in [1.54, 1.807) is 24.0 Å². The van der Waals surface area contributed by atoms with Crippen LogP contribution in [-0.2, 0) is 17.8 Å². The van der Waals surface area contributed by atoms with E-state index in [0.717, 1.165) is 0 Å². The number of aryl methyl sites for hydroxylation is 1. The molecular weight excluding hydrogens is 472 g/mol. The highest BCUT2D eigenvalue weighted by Crippen LogP contribution is 2.33. The number of ether oxygens (including phenoxy) is 1. The van der Waals surface area contributed by atoms with Crippen molar-refractivity contribution < 1.29 is 37.0 Å². The molecule has 1 aliphatic rings. The molecular formula is C23H26F4N4O4. The molecule has 1 aliphatic heterocycles. The number of pyridine rings is 2. The Morgan fingerprint density at radius 2 is 2.09 bits per heavy atom. The summed E-state index contributed by atoms with van der Waals surface area (Å²) in [6, 6.07) is 2.71. The van der Waals surface area contributed by atoms with Gasteiger partial charge in [0.15, 0.2) is 6.61 Å². The van der Waals surface area contributed by atoms with Crippen molar-refractivity contribution in [2.75, 3.05) is 19.8 Å². The highest BCUT2D eigenvalue weighted by Gasteiger charge is 2.42. The molecule has 0 radical (unpaired) electrons. The second-order valence-electron chi connectivity index (χ2n) is 8.24. The van der Waals surface area contributed by atoms with Crippen LogP contribution in [0.15, 0.2) is 24.5 Å². The molecule has 2 N–H and O–H groups in total. The van der Waals surface area contributed by atoms with Crippen LogP contribution in [0.25, 0.3) is 0 Å². The maximum absolute atomic E-state index is 13.2. The molecule has 0 aliphatic carbocycles. The fourth-order valence-corrected chi connectivity index (χ4v) is 3.67. The van der Waals surface area contributed by atoms with Crippen molar-refractivity contribution >= 4 is 11.8 Å². The van der Waals surface area contributed by atoms with Gasteiger partial charge in [-0.25, -0.2) is 13.8 Å². The second kappa shape index (κ2) is 11.0. The predicted molar refractivity (Wildman–Crippen MR) is 116 cm³/mol. The molecule has 1 unspecified atom stereocenters. The Hall–Kier alpha value is -3.28. The fourth-order valence-electron chi connectivity index (χ4n) is 3.67. The van der Waals surface area contributed by atoms with Gasteiger partial charge in [0, 0.05) is 48.8 Å². The first-order valence-electron chi connectivity index (χ1n) is 11.0. The lowest BCUT2D eigenvalue weighted by atomic mass is 10.1. The van der Waals surface area contributed by atoms with E-state index in [2.05, 4.69) is 15.3 Å². The standard InChI is InChI=1S/C23H26F4N4O4/c1-13-8-15(10-30-20(13)35-12-23(26,27)22(24)25)14(2)31-11-17-16(21(31)34)4-6-28-18(17)9-19(33)29-5-3-7-32/h4,6,8,10,14,22,32H,3,5,7,9,11-12H2,1-2H3,(H,29,33). The monoisotopic (exact) mass is 498 g/mol. The van der Waals surface area contributed by atoms with Crippen molar-refractivity contribution in [1.29, 1.82) is 0 Å². The summed E-state index contributed by atoms with van der Waals surface area (Å²) in [6.07, 6.45) is -0.621. The van der Waals surface area contributed by atoms with Gasteiger partial charge in [-0.1, -0.05) is 0 Å². The van der Waals surface area contributed by atoms with Gasteiger partial charge in [0.2, 0.25) is 11.8 Å². The first-order chi connectivity index (χ1) is 16.5. The molecule has 35 heavy (non-hydrogen) atoms. The summed E-state index contributed by atoms with van der Waals surface area (Å²) in [4.78, 5) is 35.1. The molecule has 3 rings (SSSR count). The van der Waals surface area contributed by atoms with Crippen LogP contribution in [0.2, 0.25) is 0 Å². The molecule has 3 heterocycles. The fraction of sp³-hybridized carbons (Fsp3) is 0.478. The van der Waals surface area contributed by atoms with Crippen LogP contribution in [-0.4, -0.2) is 63.9 Å². The molecule has 0 saturated carbocycles. The first kappa shape index (κ1) is 26.3. The van der Waals surface area contributed by atoms with Crippen molar-refractivity contribution in [2.45, 2.75) is 51.6 Å². The van der Waals surface area contributed by atoms with Crippen molar-refractivity contribution in [3.8, 4) is 5.88 Å². The number of alkyl halides is 4. The van der Waals surface area contributed by atoms with Crippen LogP contribution in [0.1, 0.15) is 52.1 Å². The first-order valence-corrected chi connectivity index (χ1v) is 11.0. The molecule has 0 fully saturated rings. The number of nitrogens with zero attached hydrogens (tertiary/aromatic N) is 3. The quantitative estimate of drug-likeness (QED) is 0.365. The van der Waals surface area contributed by atoms with Crippen LogP contribution in [0.5, 0.6) is 5.88 Å². The molecule has 0 bridgehead atoms. The zero-order valence-corrected chi connectivity index (χ0v) is 19.2. The Morgan fingerprint density at radius 3 is 2.74 bits per heavy atom. The van der Waals surface area contributed by atoms with Gasteiger partial charge in [0.25, 0.3) is 5.91 Å². The Bertz CT molecular complexity index is 1080. The van der Waals surface area contributed by atoms with Crippen molar-refractivity contribution in [2.24, 2.45) is 0 Å². The normalized spacial score (nSPS) is 14.3. The Morgan fingerprint density at radius 1 is 1.34 bits per heavy atom. The van der Waals surface area contributed by atoms with Crippen LogP contribution in [0.3, 0.4) is 0 Å². The lowest BCUT2D eigenvalue weighted by Gasteiger charge is -2.25. The number of aliphatic hydroxyl groups excluding tert-OH is 1. The summed E-state index contributed by atoms with van der Waals surface area (Å²) >= 11 is 0. The second-order valence-corrected chi connectivity index (χ2v) is 8.24. The third-order valence-corrected chi connectivity index (χ3v) is 5.67. The third-order valence-electron chi connectivity index (χ3n) is 5.67. The van der Waals surface area contributed by atoms with E-state index >= 15 is 0 Å². The summed E-state index contributed by atoms with van der Waals surface area (Å²) in [5.41, 5.74) is 2.49.